The molecule has 1 aromatic carbocycles. The molecule has 0 spiro atoms. The minimum Gasteiger partial charge on any atom is -0.496 e. The number of amides is 1. The van der Waals surface area contributed by atoms with Crippen molar-refractivity contribution in [3.63, 3.8) is 0 Å². The molecule has 2 N–H and O–H groups in total. The fraction of sp³-hybridized carbons (Fsp3) is 0.444. The van der Waals surface area contributed by atoms with Crippen molar-refractivity contribution in [2.24, 2.45) is 0 Å². The van der Waals surface area contributed by atoms with Gasteiger partial charge in [-0.1, -0.05) is 23.1 Å². The van der Waals surface area contributed by atoms with E-state index in [9.17, 15) is 4.79 Å². The van der Waals surface area contributed by atoms with E-state index in [1.54, 1.807) is 25.1 Å². The fourth-order valence-electron chi connectivity index (χ4n) is 2.96. The molecule has 26 heavy (non-hydrogen) atoms. The van der Waals surface area contributed by atoms with E-state index in [1.165, 1.54) is 11.3 Å². The Bertz CT molecular complexity index is 793. The van der Waals surface area contributed by atoms with E-state index in [0.717, 1.165) is 47.3 Å². The Balaban J connectivity index is 1.89. The number of nitrogens with two attached hydrogens (primary N) is 1. The highest BCUT2D eigenvalue weighted by molar-refractivity contribution is 8.01. The van der Waals surface area contributed by atoms with Crippen LogP contribution in [-0.2, 0) is 0 Å². The molecule has 0 radical (unpaired) electrons. The van der Waals surface area contributed by atoms with Crippen LogP contribution < -0.4 is 10.5 Å². The predicted octanol–water partition coefficient (Wildman–Crippen LogP) is 2.97. The number of likely N-dealkylation sites (N-methyl/N-ethyl adjacent to an activating group) is 1. The summed E-state index contributed by atoms with van der Waals surface area (Å²) in [6.07, 6.45) is 2.75. The quantitative estimate of drug-likeness (QED) is 0.862. The maximum absolute atomic E-state index is 13.1. The number of hydrogen-bond acceptors (Lipinski definition) is 7. The number of hydrogen-bond donors (Lipinski definition) is 1. The summed E-state index contributed by atoms with van der Waals surface area (Å²) >= 11 is 3.02. The largest absolute Gasteiger partial charge is 0.496 e. The molecule has 1 aromatic heterocycles. The third-order valence-corrected chi connectivity index (χ3v) is 6.53. The van der Waals surface area contributed by atoms with Crippen LogP contribution in [0.4, 0.5) is 5.13 Å². The van der Waals surface area contributed by atoms with Gasteiger partial charge in [0.2, 0.25) is 0 Å². The van der Waals surface area contributed by atoms with Crippen molar-refractivity contribution in [1.82, 2.24) is 14.8 Å². The first-order valence-electron chi connectivity index (χ1n) is 8.53. The van der Waals surface area contributed by atoms with Crippen molar-refractivity contribution in [1.29, 1.82) is 0 Å². The molecular weight excluding hydrogens is 368 g/mol. The van der Waals surface area contributed by atoms with Crippen molar-refractivity contribution in [2.75, 3.05) is 46.1 Å². The molecule has 140 valence electrons. The number of thiazole rings is 1. The molecule has 6 nitrogen and oxygen atoms in total. The molecule has 0 unspecified atom stereocenters. The van der Waals surface area contributed by atoms with Crippen LogP contribution in [-0.4, -0.2) is 61.0 Å². The molecule has 0 atom stereocenters. The number of benzene rings is 1. The van der Waals surface area contributed by atoms with E-state index in [1.807, 2.05) is 24.0 Å². The smallest absolute Gasteiger partial charge is 0.257 e. The average Bonchev–Trinajstić information content (AvgIpc) is 2.90. The lowest BCUT2D eigenvalue weighted by atomic mass is 10.1. The third-order valence-electron chi connectivity index (χ3n) is 4.45. The molecule has 3 rings (SSSR count). The summed E-state index contributed by atoms with van der Waals surface area (Å²) in [5, 5.41) is 0.545. The number of nitrogens with zero attached hydrogens (tertiary/aromatic N) is 3. The first-order chi connectivity index (χ1) is 12.5. The summed E-state index contributed by atoms with van der Waals surface area (Å²) in [5.41, 5.74) is 7.40. The number of nitrogen functional groups attached to an aromatic ring is 1. The molecular formula is C18H24N4O2S2. The summed E-state index contributed by atoms with van der Waals surface area (Å²) in [6, 6.07) is 3.87. The second kappa shape index (κ2) is 8.28. The number of aryl methyl sites for hydroxylation is 1. The van der Waals surface area contributed by atoms with Gasteiger partial charge in [0.25, 0.3) is 5.91 Å². The molecule has 8 heteroatoms. The van der Waals surface area contributed by atoms with Crippen molar-refractivity contribution in [2.45, 2.75) is 22.4 Å². The predicted molar refractivity (Wildman–Crippen MR) is 106 cm³/mol. The van der Waals surface area contributed by atoms with Gasteiger partial charge in [-0.3, -0.25) is 4.79 Å². The van der Waals surface area contributed by atoms with Crippen LogP contribution in [0, 0.1) is 6.92 Å². The lowest BCUT2D eigenvalue weighted by molar-refractivity contribution is 0.0759. The molecule has 0 aliphatic carbocycles. The van der Waals surface area contributed by atoms with Gasteiger partial charge in [0, 0.05) is 24.5 Å². The van der Waals surface area contributed by atoms with E-state index in [2.05, 4.69) is 16.9 Å². The minimum absolute atomic E-state index is 0.0304. The second-order valence-corrected chi connectivity index (χ2v) is 8.79. The van der Waals surface area contributed by atoms with E-state index in [-0.39, 0.29) is 5.91 Å². The first kappa shape index (κ1) is 19.0. The molecule has 1 saturated heterocycles. The number of aromatic nitrogens is 1. The van der Waals surface area contributed by atoms with Crippen LogP contribution >= 0.6 is 23.1 Å². The second-order valence-electron chi connectivity index (χ2n) is 6.39. The monoisotopic (exact) mass is 392 g/mol. The van der Waals surface area contributed by atoms with E-state index >= 15 is 0 Å². The van der Waals surface area contributed by atoms with Crippen LogP contribution in [0.1, 0.15) is 22.3 Å². The number of carbonyl (C=O) groups is 1. The van der Waals surface area contributed by atoms with Crippen molar-refractivity contribution in [3.8, 4) is 5.75 Å². The Morgan fingerprint density at radius 3 is 2.81 bits per heavy atom. The zero-order valence-electron chi connectivity index (χ0n) is 15.3. The number of carbonyl (C=O) groups excluding carboxylic acids is 1. The average molecular weight is 393 g/mol. The molecule has 1 fully saturated rings. The summed E-state index contributed by atoms with van der Waals surface area (Å²) in [5.74, 6) is 0.654. The van der Waals surface area contributed by atoms with Crippen LogP contribution in [0.5, 0.6) is 5.75 Å². The van der Waals surface area contributed by atoms with E-state index in [4.69, 9.17) is 10.5 Å². The lowest BCUT2D eigenvalue weighted by Gasteiger charge is -2.22. The highest BCUT2D eigenvalue weighted by Gasteiger charge is 2.23. The Kier molecular flexibility index (Phi) is 6.05. The van der Waals surface area contributed by atoms with Gasteiger partial charge in [-0.2, -0.15) is 0 Å². The van der Waals surface area contributed by atoms with Gasteiger partial charge in [-0.15, -0.1) is 0 Å². The standard InChI is InChI=1S/C18H24N4O2S2/c1-12-9-14(24-3)13(10-15(12)25-16-11-20-18(19)26-16)17(23)22-6-4-5-21(2)7-8-22/h9-11H,4-8H2,1-3H3,(H2,19,20). The Labute approximate surface area is 162 Å². The summed E-state index contributed by atoms with van der Waals surface area (Å²) in [6.45, 7) is 5.43. The first-order valence-corrected chi connectivity index (χ1v) is 10.2. The molecule has 2 aromatic rings. The zero-order chi connectivity index (χ0) is 18.7. The number of ether oxygens (including phenoxy) is 1. The maximum atomic E-state index is 13.1. The molecule has 0 saturated carbocycles. The Morgan fingerprint density at radius 1 is 1.31 bits per heavy atom. The number of rotatable bonds is 4. The highest BCUT2D eigenvalue weighted by Crippen LogP contribution is 2.37. The van der Waals surface area contributed by atoms with Crippen LogP contribution in [0.15, 0.2) is 27.4 Å². The van der Waals surface area contributed by atoms with Gasteiger partial charge in [0.05, 0.1) is 23.1 Å². The molecule has 1 amide bonds. The maximum Gasteiger partial charge on any atom is 0.257 e. The van der Waals surface area contributed by atoms with Crippen molar-refractivity contribution in [3.05, 3.63) is 29.5 Å². The van der Waals surface area contributed by atoms with E-state index < -0.39 is 0 Å². The minimum atomic E-state index is 0.0304. The molecule has 2 heterocycles. The Morgan fingerprint density at radius 2 is 2.12 bits per heavy atom. The Hall–Kier alpha value is -1.77. The SMILES string of the molecule is COc1cc(C)c(Sc2cnc(N)s2)cc1C(=O)N1CCCN(C)CC1. The molecule has 0 bridgehead atoms. The summed E-state index contributed by atoms with van der Waals surface area (Å²) < 4.78 is 6.51. The lowest BCUT2D eigenvalue weighted by Crippen LogP contribution is -2.34. The van der Waals surface area contributed by atoms with Gasteiger partial charge < -0.3 is 20.3 Å². The normalized spacial score (nSPS) is 15.7. The van der Waals surface area contributed by atoms with Gasteiger partial charge in [0.15, 0.2) is 5.13 Å². The molecule has 1 aliphatic heterocycles. The zero-order valence-corrected chi connectivity index (χ0v) is 17.0. The van der Waals surface area contributed by atoms with Crippen LogP contribution in [0.2, 0.25) is 0 Å². The van der Waals surface area contributed by atoms with Crippen molar-refractivity contribution >= 4 is 34.1 Å². The molecule has 1 aliphatic rings. The topological polar surface area (TPSA) is 71.7 Å². The summed E-state index contributed by atoms with van der Waals surface area (Å²) in [7, 11) is 3.70. The van der Waals surface area contributed by atoms with Crippen LogP contribution in [0.3, 0.4) is 0 Å². The highest BCUT2D eigenvalue weighted by atomic mass is 32.2. The van der Waals surface area contributed by atoms with Gasteiger partial charge in [-0.25, -0.2) is 4.98 Å². The summed E-state index contributed by atoms with van der Waals surface area (Å²) in [4.78, 5) is 22.4. The van der Waals surface area contributed by atoms with Gasteiger partial charge in [0.1, 0.15) is 5.75 Å². The fourth-order valence-corrected chi connectivity index (χ4v) is 4.78. The van der Waals surface area contributed by atoms with Crippen LogP contribution in [0.25, 0.3) is 0 Å². The number of anilines is 1. The van der Waals surface area contributed by atoms with Gasteiger partial charge >= 0.3 is 0 Å². The third kappa shape index (κ3) is 4.31. The van der Waals surface area contributed by atoms with E-state index in [0.29, 0.717) is 16.4 Å². The number of methoxy groups -OCH3 is 1. The van der Waals surface area contributed by atoms with Gasteiger partial charge in [-0.05, 0) is 44.6 Å². The van der Waals surface area contributed by atoms with Crippen molar-refractivity contribution < 1.29 is 9.53 Å².